The number of carbonyl (C=O) groups is 1. The zero-order chi connectivity index (χ0) is 30.2. The number of aromatic nitrogens is 4. The minimum absolute atomic E-state index is 0.203. The minimum atomic E-state index is -4.89. The highest BCUT2D eigenvalue weighted by Gasteiger charge is 2.32. The number of halogens is 4. The number of hydrogen-bond acceptors (Lipinski definition) is 6. The van der Waals surface area contributed by atoms with Crippen molar-refractivity contribution in [2.45, 2.75) is 65.0 Å². The van der Waals surface area contributed by atoms with E-state index in [-0.39, 0.29) is 28.6 Å². The van der Waals surface area contributed by atoms with Crippen molar-refractivity contribution in [3.8, 4) is 5.75 Å². The number of nitrogens with one attached hydrogen (secondary N) is 1. The molecule has 2 aromatic carbocycles. The van der Waals surface area contributed by atoms with E-state index in [1.165, 1.54) is 10.7 Å². The molecule has 2 aromatic heterocycles. The summed E-state index contributed by atoms with van der Waals surface area (Å²) in [5.74, 6) is 0.229. The van der Waals surface area contributed by atoms with E-state index in [1.807, 2.05) is 32.9 Å². The van der Waals surface area contributed by atoms with Crippen LogP contribution < -0.4 is 10.3 Å². The van der Waals surface area contributed by atoms with Crippen molar-refractivity contribution in [2.24, 2.45) is 5.92 Å². The summed E-state index contributed by atoms with van der Waals surface area (Å²) < 4.78 is 49.2. The van der Waals surface area contributed by atoms with Crippen molar-refractivity contribution in [2.75, 3.05) is 13.1 Å². The number of nitrogens with zero attached hydrogens (tertiary/aromatic N) is 4. The first kappa shape index (κ1) is 29.7. The zero-order valence-electron chi connectivity index (χ0n) is 23.4. The summed E-state index contributed by atoms with van der Waals surface area (Å²) in [6.45, 7) is 7.11. The second-order valence-electron chi connectivity index (χ2n) is 11.4. The molecule has 1 saturated heterocycles. The summed E-state index contributed by atoms with van der Waals surface area (Å²) in [5.41, 5.74) is 0.547. The highest BCUT2D eigenvalue weighted by molar-refractivity contribution is 6.32. The normalized spacial score (nSPS) is 15.0. The third-order valence-corrected chi connectivity index (χ3v) is 7.40. The van der Waals surface area contributed by atoms with Gasteiger partial charge in [0, 0.05) is 31.1 Å². The summed E-state index contributed by atoms with van der Waals surface area (Å²) in [6.07, 6.45) is -2.67. The SMILES string of the molecule is CC(C)(C)OC(=O)N1CCC(CCn2nc(Cc3nc4cc(OC(F)(F)F)c(Cl)cc4[nH]3)c3ccccc3c2=O)CC1. The Kier molecular flexibility index (Phi) is 8.10. The Hall–Kier alpha value is -3.80. The van der Waals surface area contributed by atoms with Crippen molar-refractivity contribution < 1.29 is 27.4 Å². The molecule has 0 spiro atoms. The number of amides is 1. The number of imidazole rings is 1. The van der Waals surface area contributed by atoms with Crippen LogP contribution in [-0.2, 0) is 17.7 Å². The van der Waals surface area contributed by atoms with Gasteiger partial charge in [-0.3, -0.25) is 4.79 Å². The minimum Gasteiger partial charge on any atom is -0.444 e. The molecule has 5 rings (SSSR count). The highest BCUT2D eigenvalue weighted by atomic mass is 35.5. The summed E-state index contributed by atoms with van der Waals surface area (Å²) in [4.78, 5) is 34.9. The average Bonchev–Trinajstić information content (AvgIpc) is 3.29. The fraction of sp³-hybridized carbons (Fsp3) is 0.448. The highest BCUT2D eigenvalue weighted by Crippen LogP contribution is 2.33. The van der Waals surface area contributed by atoms with E-state index < -0.39 is 17.7 Å². The van der Waals surface area contributed by atoms with E-state index in [9.17, 15) is 22.8 Å². The molecule has 0 aliphatic carbocycles. The van der Waals surface area contributed by atoms with Gasteiger partial charge in [0.05, 0.1) is 33.6 Å². The van der Waals surface area contributed by atoms with E-state index in [1.54, 1.807) is 17.0 Å². The molecule has 0 atom stereocenters. The Labute approximate surface area is 244 Å². The lowest BCUT2D eigenvalue weighted by molar-refractivity contribution is -0.274. The van der Waals surface area contributed by atoms with Gasteiger partial charge in [-0.05, 0) is 58.1 Å². The number of hydrogen-bond donors (Lipinski definition) is 1. The molecule has 42 heavy (non-hydrogen) atoms. The molecule has 0 unspecified atom stereocenters. The number of aryl methyl sites for hydroxylation is 1. The fourth-order valence-electron chi connectivity index (χ4n) is 5.13. The number of ether oxygens (including phenoxy) is 2. The predicted octanol–water partition coefficient (Wildman–Crippen LogP) is 6.45. The van der Waals surface area contributed by atoms with Crippen molar-refractivity contribution >= 4 is 39.5 Å². The smallest absolute Gasteiger partial charge is 0.444 e. The van der Waals surface area contributed by atoms with Crippen LogP contribution in [0.4, 0.5) is 18.0 Å². The van der Waals surface area contributed by atoms with Crippen molar-refractivity contribution in [3.63, 3.8) is 0 Å². The second-order valence-corrected chi connectivity index (χ2v) is 11.8. The van der Waals surface area contributed by atoms with Gasteiger partial charge < -0.3 is 19.4 Å². The van der Waals surface area contributed by atoms with Gasteiger partial charge in [0.1, 0.15) is 17.2 Å². The largest absolute Gasteiger partial charge is 0.573 e. The van der Waals surface area contributed by atoms with Crippen LogP contribution in [0, 0.1) is 5.92 Å². The van der Waals surface area contributed by atoms with Crippen LogP contribution in [-0.4, -0.2) is 55.8 Å². The topological polar surface area (TPSA) is 102 Å². The fourth-order valence-corrected chi connectivity index (χ4v) is 5.33. The Morgan fingerprint density at radius 3 is 2.48 bits per heavy atom. The Morgan fingerprint density at radius 1 is 1.12 bits per heavy atom. The number of rotatable bonds is 6. The Bertz CT molecular complexity index is 1670. The van der Waals surface area contributed by atoms with Gasteiger partial charge in [0.15, 0.2) is 0 Å². The van der Waals surface area contributed by atoms with Gasteiger partial charge >= 0.3 is 12.5 Å². The van der Waals surface area contributed by atoms with E-state index in [2.05, 4.69) is 19.8 Å². The van der Waals surface area contributed by atoms with E-state index >= 15 is 0 Å². The maximum absolute atomic E-state index is 13.3. The zero-order valence-corrected chi connectivity index (χ0v) is 24.2. The predicted molar refractivity (Wildman–Crippen MR) is 152 cm³/mol. The molecule has 1 amide bonds. The van der Waals surface area contributed by atoms with Crippen LogP contribution in [0.2, 0.25) is 5.02 Å². The second kappa shape index (κ2) is 11.5. The molecule has 13 heteroatoms. The lowest BCUT2D eigenvalue weighted by Crippen LogP contribution is -2.42. The van der Waals surface area contributed by atoms with E-state index in [4.69, 9.17) is 16.3 Å². The first-order chi connectivity index (χ1) is 19.8. The molecule has 4 aromatic rings. The van der Waals surface area contributed by atoms with Gasteiger partial charge in [-0.2, -0.15) is 5.10 Å². The number of fused-ring (bicyclic) bond motifs is 2. The van der Waals surface area contributed by atoms with Crippen molar-refractivity contribution in [1.29, 1.82) is 0 Å². The standard InChI is InChI=1S/C29H31ClF3N5O4/c1-28(2,3)42-27(40)37-11-8-17(9-12-37)10-13-38-26(39)19-7-5-4-6-18(19)21(36-38)16-25-34-22-14-20(30)24(15-23(22)35-25)41-29(31,32)33/h4-7,14-15,17H,8-13,16H2,1-3H3,(H,34,35). The van der Waals surface area contributed by atoms with Crippen LogP contribution in [0.3, 0.4) is 0 Å². The molecule has 1 N–H and O–H groups in total. The number of piperidine rings is 1. The number of carbonyl (C=O) groups excluding carboxylic acids is 1. The quantitative estimate of drug-likeness (QED) is 0.271. The maximum atomic E-state index is 13.3. The molecule has 9 nitrogen and oxygen atoms in total. The van der Waals surface area contributed by atoms with Crippen molar-refractivity contribution in [1.82, 2.24) is 24.6 Å². The average molecular weight is 606 g/mol. The van der Waals surface area contributed by atoms with Gasteiger partial charge in [0.25, 0.3) is 5.56 Å². The first-order valence-electron chi connectivity index (χ1n) is 13.7. The molecule has 0 bridgehead atoms. The van der Waals surface area contributed by atoms with Crippen LogP contribution >= 0.6 is 11.6 Å². The van der Waals surface area contributed by atoms with E-state index in [0.29, 0.717) is 53.4 Å². The number of H-pyrrole nitrogens is 1. The molecular weight excluding hydrogens is 575 g/mol. The summed E-state index contributed by atoms with van der Waals surface area (Å²) in [6, 6.07) is 9.62. The first-order valence-corrected chi connectivity index (χ1v) is 14.0. The number of aromatic amines is 1. The lowest BCUT2D eigenvalue weighted by Gasteiger charge is -2.33. The lowest BCUT2D eigenvalue weighted by atomic mass is 9.94. The third kappa shape index (κ3) is 6.97. The molecule has 1 aliphatic heterocycles. The number of alkyl halides is 3. The molecular formula is C29H31ClF3N5O4. The van der Waals surface area contributed by atoms with Crippen molar-refractivity contribution in [3.05, 3.63) is 63.3 Å². The monoisotopic (exact) mass is 605 g/mol. The van der Waals surface area contributed by atoms with E-state index in [0.717, 1.165) is 25.3 Å². The molecule has 0 saturated carbocycles. The summed E-state index contributed by atoms with van der Waals surface area (Å²) in [5, 5.41) is 5.66. The van der Waals surface area contributed by atoms with Crippen LogP contribution in [0.15, 0.2) is 41.2 Å². The molecule has 0 radical (unpaired) electrons. The molecule has 3 heterocycles. The van der Waals surface area contributed by atoms with Crippen LogP contribution in [0.25, 0.3) is 21.8 Å². The maximum Gasteiger partial charge on any atom is 0.573 e. The van der Waals surface area contributed by atoms with Gasteiger partial charge in [-0.1, -0.05) is 29.8 Å². The Morgan fingerprint density at radius 2 is 1.81 bits per heavy atom. The third-order valence-electron chi connectivity index (χ3n) is 7.10. The molecule has 1 fully saturated rings. The number of likely N-dealkylation sites (tertiary alicyclic amines) is 1. The van der Waals surface area contributed by atoms with Gasteiger partial charge in [-0.15, -0.1) is 13.2 Å². The summed E-state index contributed by atoms with van der Waals surface area (Å²) in [7, 11) is 0. The van der Waals surface area contributed by atoms with Gasteiger partial charge in [-0.25, -0.2) is 14.5 Å². The number of benzene rings is 2. The molecule has 224 valence electrons. The Balaban J connectivity index is 1.33. The molecule has 1 aliphatic rings. The van der Waals surface area contributed by atoms with Crippen LogP contribution in [0.5, 0.6) is 5.75 Å². The summed E-state index contributed by atoms with van der Waals surface area (Å²) >= 11 is 5.99. The van der Waals surface area contributed by atoms with Gasteiger partial charge in [0.2, 0.25) is 0 Å². The van der Waals surface area contributed by atoms with Crippen LogP contribution in [0.1, 0.15) is 51.6 Å².